The number of fused-ring (bicyclic) bond motifs is 1. The van der Waals surface area contributed by atoms with Gasteiger partial charge in [0.25, 0.3) is 0 Å². The number of rotatable bonds is 3. The molecule has 0 aliphatic rings. The molecule has 96 valence electrons. The average molecular weight is 258 g/mol. The van der Waals surface area contributed by atoms with Gasteiger partial charge >= 0.3 is 0 Å². The Labute approximate surface area is 108 Å². The summed E-state index contributed by atoms with van der Waals surface area (Å²) in [4.78, 5) is 0. The van der Waals surface area contributed by atoms with Crippen LogP contribution in [-0.4, -0.2) is 5.11 Å². The van der Waals surface area contributed by atoms with Crippen LogP contribution in [-0.2, 0) is 6.61 Å². The fraction of sp³-hybridized carbons (Fsp3) is 0.0667. The molecule has 0 saturated carbocycles. The normalized spacial score (nSPS) is 10.8. The maximum atomic E-state index is 12.7. The van der Waals surface area contributed by atoms with Gasteiger partial charge in [-0.05, 0) is 48.5 Å². The van der Waals surface area contributed by atoms with Crippen LogP contribution < -0.4 is 4.74 Å². The number of aromatic hydroxyl groups is 1. The van der Waals surface area contributed by atoms with Gasteiger partial charge in [-0.1, -0.05) is 0 Å². The minimum absolute atomic E-state index is 0.194. The fourth-order valence-corrected chi connectivity index (χ4v) is 1.84. The molecular formula is C15H11FO3. The molecule has 0 aliphatic carbocycles. The first-order chi connectivity index (χ1) is 9.20. The highest BCUT2D eigenvalue weighted by Crippen LogP contribution is 2.24. The molecule has 1 aromatic heterocycles. The quantitative estimate of drug-likeness (QED) is 0.775. The Morgan fingerprint density at radius 3 is 2.63 bits per heavy atom. The lowest BCUT2D eigenvalue weighted by atomic mass is 10.2. The van der Waals surface area contributed by atoms with Gasteiger partial charge in [-0.3, -0.25) is 0 Å². The Hall–Kier alpha value is -2.49. The van der Waals surface area contributed by atoms with E-state index in [1.54, 1.807) is 36.4 Å². The lowest BCUT2D eigenvalue weighted by Gasteiger charge is -2.03. The number of phenols is 1. The van der Waals surface area contributed by atoms with Crippen LogP contribution in [0.2, 0.25) is 0 Å². The number of phenolic OH excluding ortho intramolecular Hbond substituents is 1. The zero-order valence-corrected chi connectivity index (χ0v) is 9.97. The molecule has 0 amide bonds. The van der Waals surface area contributed by atoms with Gasteiger partial charge in [0.05, 0.1) is 0 Å². The van der Waals surface area contributed by atoms with Crippen molar-refractivity contribution in [1.82, 2.24) is 0 Å². The first-order valence-electron chi connectivity index (χ1n) is 5.80. The molecule has 1 heterocycles. The molecule has 0 saturated heterocycles. The molecule has 0 radical (unpaired) electrons. The number of hydrogen-bond acceptors (Lipinski definition) is 3. The lowest BCUT2D eigenvalue weighted by molar-refractivity contribution is 0.274. The predicted octanol–water partition coefficient (Wildman–Crippen LogP) is 3.86. The van der Waals surface area contributed by atoms with Gasteiger partial charge in [-0.2, -0.15) is 0 Å². The van der Waals surface area contributed by atoms with E-state index in [2.05, 4.69) is 0 Å². The van der Waals surface area contributed by atoms with Gasteiger partial charge in [0, 0.05) is 5.39 Å². The topological polar surface area (TPSA) is 42.6 Å². The second-order valence-electron chi connectivity index (χ2n) is 4.18. The number of ether oxygens (including phenoxy) is 1. The Balaban J connectivity index is 1.76. The largest absolute Gasteiger partial charge is 0.508 e. The number of benzene rings is 2. The lowest BCUT2D eigenvalue weighted by Crippen LogP contribution is -1.93. The zero-order chi connectivity index (χ0) is 13.2. The predicted molar refractivity (Wildman–Crippen MR) is 68.6 cm³/mol. The highest BCUT2D eigenvalue weighted by molar-refractivity contribution is 5.79. The van der Waals surface area contributed by atoms with Crippen LogP contribution in [0.4, 0.5) is 4.39 Å². The molecule has 0 aliphatic heterocycles. The monoisotopic (exact) mass is 258 g/mol. The van der Waals surface area contributed by atoms with E-state index < -0.39 is 0 Å². The van der Waals surface area contributed by atoms with E-state index in [-0.39, 0.29) is 18.2 Å². The van der Waals surface area contributed by atoms with Crippen molar-refractivity contribution in [3.05, 3.63) is 60.1 Å². The molecule has 1 N–H and O–H groups in total. The summed E-state index contributed by atoms with van der Waals surface area (Å²) in [6.45, 7) is 0.251. The van der Waals surface area contributed by atoms with Crippen LogP contribution in [0.25, 0.3) is 11.0 Å². The van der Waals surface area contributed by atoms with Crippen molar-refractivity contribution in [2.45, 2.75) is 6.61 Å². The summed E-state index contributed by atoms with van der Waals surface area (Å²) in [5, 5.41) is 10.2. The summed E-state index contributed by atoms with van der Waals surface area (Å²) >= 11 is 0. The number of furan rings is 1. The Morgan fingerprint density at radius 2 is 1.84 bits per heavy atom. The van der Waals surface area contributed by atoms with Crippen LogP contribution in [0, 0.1) is 5.82 Å². The van der Waals surface area contributed by atoms with Crippen LogP contribution in [0.3, 0.4) is 0 Å². The Kier molecular flexibility index (Phi) is 2.83. The SMILES string of the molecule is Oc1ccc2oc(COc3ccc(F)cc3)cc2c1. The minimum atomic E-state index is -0.299. The maximum absolute atomic E-state index is 12.7. The molecular weight excluding hydrogens is 247 g/mol. The second kappa shape index (κ2) is 4.65. The Morgan fingerprint density at radius 1 is 1.05 bits per heavy atom. The van der Waals surface area contributed by atoms with Gasteiger partial charge in [0.1, 0.15) is 35.3 Å². The van der Waals surface area contributed by atoms with Crippen molar-refractivity contribution < 1.29 is 18.7 Å². The van der Waals surface area contributed by atoms with Crippen LogP contribution in [0.1, 0.15) is 5.76 Å². The number of halogens is 1. The molecule has 0 fully saturated rings. The summed E-state index contributed by atoms with van der Waals surface area (Å²) in [5.41, 5.74) is 0.690. The summed E-state index contributed by atoms with van der Waals surface area (Å²) in [5.74, 6) is 1.11. The fourth-order valence-electron chi connectivity index (χ4n) is 1.84. The molecule has 3 rings (SSSR count). The van der Waals surface area contributed by atoms with Crippen molar-refractivity contribution in [3.63, 3.8) is 0 Å². The second-order valence-corrected chi connectivity index (χ2v) is 4.18. The van der Waals surface area contributed by atoms with Crippen LogP contribution in [0.5, 0.6) is 11.5 Å². The molecule has 2 aromatic carbocycles. The molecule has 0 spiro atoms. The maximum Gasteiger partial charge on any atom is 0.146 e. The zero-order valence-electron chi connectivity index (χ0n) is 9.97. The van der Waals surface area contributed by atoms with E-state index in [1.807, 2.05) is 0 Å². The molecule has 3 aromatic rings. The first-order valence-corrected chi connectivity index (χ1v) is 5.80. The van der Waals surface area contributed by atoms with Gasteiger partial charge in [-0.25, -0.2) is 4.39 Å². The standard InChI is InChI=1S/C15H11FO3/c16-11-1-4-13(5-2-11)18-9-14-8-10-7-12(17)3-6-15(10)19-14/h1-8,17H,9H2. The summed E-state index contributed by atoms with van der Waals surface area (Å²) in [6, 6.07) is 12.5. The molecule has 0 unspecified atom stereocenters. The van der Waals surface area contributed by atoms with E-state index in [0.29, 0.717) is 17.1 Å². The highest BCUT2D eigenvalue weighted by Gasteiger charge is 2.05. The third-order valence-corrected chi connectivity index (χ3v) is 2.75. The first kappa shape index (κ1) is 11.6. The van der Waals surface area contributed by atoms with E-state index >= 15 is 0 Å². The molecule has 19 heavy (non-hydrogen) atoms. The molecule has 0 bridgehead atoms. The van der Waals surface area contributed by atoms with Crippen molar-refractivity contribution in [2.24, 2.45) is 0 Å². The van der Waals surface area contributed by atoms with Crippen LogP contribution >= 0.6 is 0 Å². The molecule has 4 heteroatoms. The average Bonchev–Trinajstić information content (AvgIpc) is 2.80. The summed E-state index contributed by atoms with van der Waals surface area (Å²) in [7, 11) is 0. The number of hydrogen-bond donors (Lipinski definition) is 1. The third kappa shape index (κ3) is 2.52. The van der Waals surface area contributed by atoms with Crippen LogP contribution in [0.15, 0.2) is 52.9 Å². The van der Waals surface area contributed by atoms with Crippen molar-refractivity contribution in [3.8, 4) is 11.5 Å². The minimum Gasteiger partial charge on any atom is -0.508 e. The highest BCUT2D eigenvalue weighted by atomic mass is 19.1. The van der Waals surface area contributed by atoms with E-state index in [4.69, 9.17) is 9.15 Å². The van der Waals surface area contributed by atoms with E-state index in [1.165, 1.54) is 12.1 Å². The third-order valence-electron chi connectivity index (χ3n) is 2.75. The van der Waals surface area contributed by atoms with Crippen molar-refractivity contribution in [1.29, 1.82) is 0 Å². The summed E-state index contributed by atoms with van der Waals surface area (Å²) in [6.07, 6.45) is 0. The van der Waals surface area contributed by atoms with Gasteiger partial charge < -0.3 is 14.3 Å². The smallest absolute Gasteiger partial charge is 0.146 e. The van der Waals surface area contributed by atoms with Crippen molar-refractivity contribution >= 4 is 11.0 Å². The van der Waals surface area contributed by atoms with Gasteiger partial charge in [-0.15, -0.1) is 0 Å². The summed E-state index contributed by atoms with van der Waals surface area (Å²) < 4.78 is 23.8. The Bertz CT molecular complexity index is 701. The molecule has 3 nitrogen and oxygen atoms in total. The van der Waals surface area contributed by atoms with Gasteiger partial charge in [0.15, 0.2) is 0 Å². The molecule has 0 atom stereocenters. The van der Waals surface area contributed by atoms with Crippen molar-refractivity contribution in [2.75, 3.05) is 0 Å². The van der Waals surface area contributed by atoms with E-state index in [9.17, 15) is 9.50 Å². The van der Waals surface area contributed by atoms with E-state index in [0.717, 1.165) is 5.39 Å². The van der Waals surface area contributed by atoms with Gasteiger partial charge in [0.2, 0.25) is 0 Å².